The van der Waals surface area contributed by atoms with E-state index in [9.17, 15) is 4.79 Å². The van der Waals surface area contributed by atoms with E-state index in [-0.39, 0.29) is 13.0 Å². The maximum absolute atomic E-state index is 11.0. The number of nitrogens with two attached hydrogens (primary N) is 1. The highest BCUT2D eigenvalue weighted by Gasteiger charge is 2.52. The first kappa shape index (κ1) is 19.5. The van der Waals surface area contributed by atoms with E-state index < -0.39 is 24.3 Å². The van der Waals surface area contributed by atoms with Crippen molar-refractivity contribution in [3.05, 3.63) is 34.8 Å². The van der Waals surface area contributed by atoms with E-state index in [1.165, 1.54) is 0 Å². The number of aliphatic carboxylic acids is 1. The van der Waals surface area contributed by atoms with Crippen molar-refractivity contribution >= 4 is 19.2 Å². The summed E-state index contributed by atoms with van der Waals surface area (Å²) in [4.78, 5) is 11.0. The number of carboxylic acids is 1. The molecule has 0 spiro atoms. The molecule has 1 saturated heterocycles. The number of carboxylic acid groups (broad SMARTS) is 1. The maximum atomic E-state index is 11.0. The van der Waals surface area contributed by atoms with Crippen molar-refractivity contribution in [2.45, 2.75) is 45.3 Å². The van der Waals surface area contributed by atoms with Gasteiger partial charge in [-0.05, 0) is 50.9 Å². The van der Waals surface area contributed by atoms with Gasteiger partial charge < -0.3 is 24.9 Å². The zero-order valence-corrected chi connectivity index (χ0v) is 15.5. The van der Waals surface area contributed by atoms with Crippen molar-refractivity contribution in [3.63, 3.8) is 0 Å². The third-order valence-electron chi connectivity index (χ3n) is 4.78. The van der Waals surface area contributed by atoms with Gasteiger partial charge in [0, 0.05) is 12.1 Å². The van der Waals surface area contributed by atoms with E-state index in [1.807, 2.05) is 33.8 Å². The molecule has 1 aliphatic heterocycles. The zero-order valence-electron chi connectivity index (χ0n) is 15.5. The van der Waals surface area contributed by atoms with Crippen LogP contribution >= 0.6 is 0 Å². The van der Waals surface area contributed by atoms with Crippen molar-refractivity contribution in [1.82, 2.24) is 0 Å². The molecule has 25 heavy (non-hydrogen) atoms. The monoisotopic (exact) mass is 347 g/mol. The van der Waals surface area contributed by atoms with E-state index in [0.29, 0.717) is 11.3 Å². The highest BCUT2D eigenvalue weighted by molar-refractivity contribution is 6.55. The van der Waals surface area contributed by atoms with Crippen LogP contribution in [-0.2, 0) is 20.5 Å². The Labute approximate surface area is 149 Å². The number of rotatable bonds is 6. The van der Waals surface area contributed by atoms with Gasteiger partial charge in [0.15, 0.2) is 0 Å². The van der Waals surface area contributed by atoms with Gasteiger partial charge in [0.1, 0.15) is 5.75 Å². The van der Waals surface area contributed by atoms with Crippen LogP contribution in [0.4, 0.5) is 0 Å². The van der Waals surface area contributed by atoms with E-state index in [1.54, 1.807) is 25.3 Å². The Morgan fingerprint density at radius 3 is 2.36 bits per heavy atom. The molecule has 0 radical (unpaired) electrons. The predicted molar refractivity (Wildman–Crippen MR) is 97.4 cm³/mol. The van der Waals surface area contributed by atoms with Crippen LogP contribution in [0.25, 0.3) is 6.08 Å². The highest BCUT2D eigenvalue weighted by Crippen LogP contribution is 2.39. The molecule has 0 atom stereocenters. The van der Waals surface area contributed by atoms with E-state index in [4.69, 9.17) is 24.9 Å². The lowest BCUT2D eigenvalue weighted by atomic mass is 9.77. The lowest BCUT2D eigenvalue weighted by molar-refractivity contribution is -0.136. The van der Waals surface area contributed by atoms with Gasteiger partial charge in [-0.3, -0.25) is 4.79 Å². The van der Waals surface area contributed by atoms with Gasteiger partial charge in [0.05, 0.1) is 24.7 Å². The molecule has 1 heterocycles. The fourth-order valence-corrected chi connectivity index (χ4v) is 2.60. The van der Waals surface area contributed by atoms with Crippen LogP contribution < -0.4 is 10.5 Å². The number of hydrogen-bond acceptors (Lipinski definition) is 5. The van der Waals surface area contributed by atoms with Crippen molar-refractivity contribution in [3.8, 4) is 5.75 Å². The third kappa shape index (κ3) is 4.23. The Balaban J connectivity index is 2.37. The van der Waals surface area contributed by atoms with Crippen molar-refractivity contribution in [2.75, 3.05) is 13.7 Å². The Bertz CT molecular complexity index is 668. The molecule has 3 N–H and O–H groups in total. The molecule has 1 aromatic carbocycles. The number of carbonyl (C=O) groups is 1. The molecule has 7 heteroatoms. The summed E-state index contributed by atoms with van der Waals surface area (Å²) < 4.78 is 17.5. The van der Waals surface area contributed by atoms with Crippen LogP contribution in [0, 0.1) is 0 Å². The second-order valence-electron chi connectivity index (χ2n) is 7.16. The van der Waals surface area contributed by atoms with Gasteiger partial charge in [0.2, 0.25) is 0 Å². The lowest BCUT2D eigenvalue weighted by Crippen LogP contribution is -2.41. The summed E-state index contributed by atoms with van der Waals surface area (Å²) >= 11 is 0. The van der Waals surface area contributed by atoms with Crippen molar-refractivity contribution < 1.29 is 23.9 Å². The summed E-state index contributed by atoms with van der Waals surface area (Å²) in [5.41, 5.74) is 7.21. The van der Waals surface area contributed by atoms with E-state index in [2.05, 4.69) is 0 Å². The van der Waals surface area contributed by atoms with E-state index >= 15 is 0 Å². The van der Waals surface area contributed by atoms with Crippen LogP contribution in [0.1, 0.15) is 38.8 Å². The summed E-state index contributed by atoms with van der Waals surface area (Å²) in [6.07, 6.45) is 1.80. The van der Waals surface area contributed by atoms with Crippen LogP contribution in [0.3, 0.4) is 0 Å². The first-order valence-electron chi connectivity index (χ1n) is 8.24. The van der Waals surface area contributed by atoms with Crippen LogP contribution in [0.2, 0.25) is 0 Å². The third-order valence-corrected chi connectivity index (χ3v) is 4.78. The molecule has 0 unspecified atom stereocenters. The summed E-state index contributed by atoms with van der Waals surface area (Å²) in [6.45, 7) is 8.18. The standard InChI is InChI=1S/C18H26BNO5/c1-17(2)18(3,4)25-19(24-17)14(11-20)10-13-8-12(9-16(21)22)6-7-15(13)23-5/h6-8,10H,9,11,20H2,1-5H3,(H,21,22). The Morgan fingerprint density at radius 1 is 1.28 bits per heavy atom. The Hall–Kier alpha value is -1.83. The molecule has 136 valence electrons. The van der Waals surface area contributed by atoms with Gasteiger partial charge in [-0.25, -0.2) is 0 Å². The second-order valence-corrected chi connectivity index (χ2v) is 7.16. The second kappa shape index (κ2) is 7.19. The fraction of sp³-hybridized carbons (Fsp3) is 0.500. The largest absolute Gasteiger partial charge is 0.496 e. The Morgan fingerprint density at radius 2 is 1.88 bits per heavy atom. The number of benzene rings is 1. The zero-order chi connectivity index (χ0) is 18.8. The minimum absolute atomic E-state index is 0.0563. The maximum Gasteiger partial charge on any atom is 0.491 e. The van der Waals surface area contributed by atoms with Gasteiger partial charge >= 0.3 is 13.1 Å². The average Bonchev–Trinajstić information content (AvgIpc) is 2.72. The van der Waals surface area contributed by atoms with Gasteiger partial charge in [-0.15, -0.1) is 0 Å². The van der Waals surface area contributed by atoms with E-state index in [0.717, 1.165) is 11.0 Å². The molecule has 1 fully saturated rings. The molecule has 2 rings (SSSR count). The quantitative estimate of drug-likeness (QED) is 0.768. The average molecular weight is 347 g/mol. The van der Waals surface area contributed by atoms with Gasteiger partial charge in [0.25, 0.3) is 0 Å². The molecular weight excluding hydrogens is 321 g/mol. The fourth-order valence-electron chi connectivity index (χ4n) is 2.60. The summed E-state index contributed by atoms with van der Waals surface area (Å²) in [5, 5.41) is 8.99. The molecule has 6 nitrogen and oxygen atoms in total. The molecule has 0 saturated carbocycles. The molecule has 0 bridgehead atoms. The SMILES string of the molecule is COc1ccc(CC(=O)O)cc1C=C(CN)B1OC(C)(C)C(C)(C)O1. The predicted octanol–water partition coefficient (Wildman–Crippen LogP) is 2.30. The summed E-state index contributed by atoms with van der Waals surface area (Å²) in [7, 11) is 1.02. The molecule has 0 aromatic heterocycles. The summed E-state index contributed by atoms with van der Waals surface area (Å²) in [6, 6.07) is 5.28. The molecule has 0 amide bonds. The van der Waals surface area contributed by atoms with Gasteiger partial charge in [-0.2, -0.15) is 0 Å². The minimum Gasteiger partial charge on any atom is -0.496 e. The number of hydrogen-bond donors (Lipinski definition) is 2. The lowest BCUT2D eigenvalue weighted by Gasteiger charge is -2.32. The molecule has 1 aromatic rings. The molecule has 1 aliphatic rings. The van der Waals surface area contributed by atoms with Crippen LogP contribution in [-0.4, -0.2) is 43.1 Å². The first-order valence-corrected chi connectivity index (χ1v) is 8.24. The van der Waals surface area contributed by atoms with Crippen molar-refractivity contribution in [1.29, 1.82) is 0 Å². The van der Waals surface area contributed by atoms with Crippen molar-refractivity contribution in [2.24, 2.45) is 5.73 Å². The molecule has 0 aliphatic carbocycles. The van der Waals surface area contributed by atoms with Crippen LogP contribution in [0.15, 0.2) is 23.7 Å². The van der Waals surface area contributed by atoms with Gasteiger partial charge in [-0.1, -0.05) is 12.1 Å². The molecular formula is C18H26BNO5. The number of methoxy groups -OCH3 is 1. The van der Waals surface area contributed by atoms with Crippen LogP contribution in [0.5, 0.6) is 5.75 Å². The highest BCUT2D eigenvalue weighted by atomic mass is 16.7. The topological polar surface area (TPSA) is 91.0 Å². The Kier molecular flexibility index (Phi) is 5.61. The number of ether oxygens (including phenoxy) is 1. The smallest absolute Gasteiger partial charge is 0.491 e. The normalized spacial score (nSPS) is 19.1. The minimum atomic E-state index is -0.884. The first-order chi connectivity index (χ1) is 11.6. The summed E-state index contributed by atoms with van der Waals surface area (Å²) in [5.74, 6) is -0.248.